The predicted octanol–water partition coefficient (Wildman–Crippen LogP) is 1.65. The highest BCUT2D eigenvalue weighted by molar-refractivity contribution is 5.24. The molecule has 4 nitrogen and oxygen atoms in total. The molecule has 1 aromatic carbocycles. The van der Waals surface area contributed by atoms with Crippen LogP contribution < -0.4 is 5.73 Å². The minimum Gasteiger partial charge on any atom is -0.326 e. The number of aromatic nitrogens is 2. The normalized spacial score (nSPS) is 11.2. The highest BCUT2D eigenvalue weighted by atomic mass is 19.1. The van der Waals surface area contributed by atoms with Gasteiger partial charge in [0.05, 0.1) is 6.20 Å². The van der Waals surface area contributed by atoms with Crippen molar-refractivity contribution in [1.82, 2.24) is 14.7 Å². The van der Waals surface area contributed by atoms with E-state index in [2.05, 4.69) is 10.00 Å². The molecule has 0 unspecified atom stereocenters. The third kappa shape index (κ3) is 3.62. The van der Waals surface area contributed by atoms with Crippen molar-refractivity contribution in [3.05, 3.63) is 53.1 Å². The summed E-state index contributed by atoms with van der Waals surface area (Å²) in [5.41, 5.74) is 8.10. The van der Waals surface area contributed by atoms with Gasteiger partial charge in [-0.2, -0.15) is 5.10 Å². The molecule has 0 aliphatic carbocycles. The van der Waals surface area contributed by atoms with Gasteiger partial charge in [-0.25, -0.2) is 4.39 Å². The summed E-state index contributed by atoms with van der Waals surface area (Å²) >= 11 is 0. The molecule has 0 amide bonds. The maximum absolute atomic E-state index is 13.8. The summed E-state index contributed by atoms with van der Waals surface area (Å²) in [4.78, 5) is 2.05. The first-order valence-corrected chi connectivity index (χ1v) is 6.22. The van der Waals surface area contributed by atoms with Crippen LogP contribution in [-0.2, 0) is 26.7 Å². The van der Waals surface area contributed by atoms with Crippen molar-refractivity contribution in [3.8, 4) is 0 Å². The molecule has 0 aliphatic rings. The van der Waals surface area contributed by atoms with E-state index in [0.29, 0.717) is 18.7 Å². The maximum Gasteiger partial charge on any atom is 0.128 e. The van der Waals surface area contributed by atoms with E-state index in [0.717, 1.165) is 17.7 Å². The monoisotopic (exact) mass is 262 g/mol. The Kier molecular flexibility index (Phi) is 4.29. The Balaban J connectivity index is 2.00. The van der Waals surface area contributed by atoms with Gasteiger partial charge in [0.1, 0.15) is 5.82 Å². The maximum atomic E-state index is 13.8. The molecule has 0 bridgehead atoms. The summed E-state index contributed by atoms with van der Waals surface area (Å²) in [6.45, 7) is 1.67. The van der Waals surface area contributed by atoms with E-state index in [9.17, 15) is 4.39 Å². The Morgan fingerprint density at radius 2 is 2.11 bits per heavy atom. The molecule has 0 fully saturated rings. The number of nitrogens with two attached hydrogens (primary N) is 1. The molecule has 5 heteroatoms. The smallest absolute Gasteiger partial charge is 0.128 e. The van der Waals surface area contributed by atoms with Crippen LogP contribution in [0.25, 0.3) is 0 Å². The first-order chi connectivity index (χ1) is 9.08. The second-order valence-corrected chi connectivity index (χ2v) is 4.82. The van der Waals surface area contributed by atoms with Crippen LogP contribution in [0.5, 0.6) is 0 Å². The molecule has 19 heavy (non-hydrogen) atoms. The molecule has 102 valence electrons. The number of nitrogens with zero attached hydrogens (tertiary/aromatic N) is 3. The van der Waals surface area contributed by atoms with Gasteiger partial charge in [-0.15, -0.1) is 0 Å². The molecule has 0 radical (unpaired) electrons. The van der Waals surface area contributed by atoms with Gasteiger partial charge in [0, 0.05) is 44.0 Å². The van der Waals surface area contributed by atoms with Gasteiger partial charge in [0.2, 0.25) is 0 Å². The van der Waals surface area contributed by atoms with Crippen LogP contribution in [0, 0.1) is 5.82 Å². The number of halogens is 1. The molecular weight excluding hydrogens is 243 g/mol. The summed E-state index contributed by atoms with van der Waals surface area (Å²) in [6.07, 6.45) is 3.79. The minimum absolute atomic E-state index is 0.194. The number of aryl methyl sites for hydroxylation is 1. The van der Waals surface area contributed by atoms with Crippen LogP contribution in [0.1, 0.15) is 16.7 Å². The van der Waals surface area contributed by atoms with Gasteiger partial charge in [-0.3, -0.25) is 9.58 Å². The zero-order chi connectivity index (χ0) is 13.8. The number of rotatable bonds is 5. The van der Waals surface area contributed by atoms with Gasteiger partial charge in [0.25, 0.3) is 0 Å². The summed E-state index contributed by atoms with van der Waals surface area (Å²) in [7, 11) is 3.85. The fourth-order valence-corrected chi connectivity index (χ4v) is 2.06. The quantitative estimate of drug-likeness (QED) is 0.891. The Morgan fingerprint density at radius 1 is 1.32 bits per heavy atom. The van der Waals surface area contributed by atoms with E-state index in [-0.39, 0.29) is 5.82 Å². The van der Waals surface area contributed by atoms with Crippen molar-refractivity contribution in [2.45, 2.75) is 19.6 Å². The van der Waals surface area contributed by atoms with Crippen molar-refractivity contribution in [1.29, 1.82) is 0 Å². The zero-order valence-electron chi connectivity index (χ0n) is 11.3. The lowest BCUT2D eigenvalue weighted by Gasteiger charge is -2.16. The van der Waals surface area contributed by atoms with Crippen molar-refractivity contribution in [3.63, 3.8) is 0 Å². The Labute approximate surface area is 112 Å². The lowest BCUT2D eigenvalue weighted by Crippen LogP contribution is -2.18. The van der Waals surface area contributed by atoms with E-state index >= 15 is 0 Å². The highest BCUT2D eigenvalue weighted by Crippen LogP contribution is 2.13. The second kappa shape index (κ2) is 5.95. The minimum atomic E-state index is -0.194. The van der Waals surface area contributed by atoms with Gasteiger partial charge in [-0.1, -0.05) is 12.1 Å². The molecule has 1 heterocycles. The van der Waals surface area contributed by atoms with Gasteiger partial charge >= 0.3 is 0 Å². The number of benzene rings is 1. The molecule has 0 saturated heterocycles. The summed E-state index contributed by atoms with van der Waals surface area (Å²) in [5.74, 6) is -0.194. The van der Waals surface area contributed by atoms with Crippen LogP contribution in [0.2, 0.25) is 0 Å². The van der Waals surface area contributed by atoms with E-state index in [1.54, 1.807) is 10.7 Å². The lowest BCUT2D eigenvalue weighted by molar-refractivity contribution is 0.313. The standard InChI is InChI=1S/C14H19FN4/c1-18(8-12-7-17-19(2)9-12)10-13-4-3-11(6-16)5-14(13)15/h3-5,7,9H,6,8,10,16H2,1-2H3. The van der Waals surface area contributed by atoms with Crippen LogP contribution >= 0.6 is 0 Å². The molecule has 0 atom stereocenters. The van der Waals surface area contributed by atoms with E-state index in [1.165, 1.54) is 6.07 Å². The van der Waals surface area contributed by atoms with Crippen LogP contribution in [0.4, 0.5) is 4.39 Å². The van der Waals surface area contributed by atoms with Gasteiger partial charge < -0.3 is 5.73 Å². The molecule has 0 aliphatic heterocycles. The molecule has 1 aromatic heterocycles. The fourth-order valence-electron chi connectivity index (χ4n) is 2.06. The first kappa shape index (κ1) is 13.7. The number of hydrogen-bond acceptors (Lipinski definition) is 3. The molecular formula is C14H19FN4. The third-order valence-electron chi connectivity index (χ3n) is 3.00. The Bertz CT molecular complexity index is 550. The second-order valence-electron chi connectivity index (χ2n) is 4.82. The van der Waals surface area contributed by atoms with Crippen LogP contribution in [-0.4, -0.2) is 21.7 Å². The molecule has 2 N–H and O–H groups in total. The largest absolute Gasteiger partial charge is 0.326 e. The highest BCUT2D eigenvalue weighted by Gasteiger charge is 2.08. The van der Waals surface area contributed by atoms with Crippen molar-refractivity contribution in [2.24, 2.45) is 12.8 Å². The van der Waals surface area contributed by atoms with Gasteiger partial charge in [0.15, 0.2) is 0 Å². The Morgan fingerprint density at radius 3 is 2.68 bits per heavy atom. The summed E-state index contributed by atoms with van der Waals surface area (Å²) < 4.78 is 15.6. The average molecular weight is 262 g/mol. The van der Waals surface area contributed by atoms with Gasteiger partial charge in [-0.05, 0) is 18.7 Å². The zero-order valence-corrected chi connectivity index (χ0v) is 11.3. The summed E-state index contributed by atoms with van der Waals surface area (Å²) in [5, 5.41) is 4.12. The van der Waals surface area contributed by atoms with E-state index in [4.69, 9.17) is 5.73 Å². The lowest BCUT2D eigenvalue weighted by atomic mass is 10.1. The number of hydrogen-bond donors (Lipinski definition) is 1. The predicted molar refractivity (Wildman–Crippen MR) is 72.7 cm³/mol. The van der Waals surface area contributed by atoms with E-state index < -0.39 is 0 Å². The molecule has 2 aromatic rings. The van der Waals surface area contributed by atoms with Crippen molar-refractivity contribution < 1.29 is 4.39 Å². The molecule has 0 saturated carbocycles. The SMILES string of the molecule is CN(Cc1cnn(C)c1)Cc1ccc(CN)cc1F. The fraction of sp³-hybridized carbons (Fsp3) is 0.357. The summed E-state index contributed by atoms with van der Waals surface area (Å²) in [6, 6.07) is 5.18. The molecule has 0 spiro atoms. The van der Waals surface area contributed by atoms with Crippen molar-refractivity contribution >= 4 is 0 Å². The molecule has 2 rings (SSSR count). The van der Waals surface area contributed by atoms with Crippen LogP contribution in [0.3, 0.4) is 0 Å². The topological polar surface area (TPSA) is 47.1 Å². The Hall–Kier alpha value is -1.72. The average Bonchev–Trinajstić information content (AvgIpc) is 2.77. The third-order valence-corrected chi connectivity index (χ3v) is 3.00. The van der Waals surface area contributed by atoms with E-state index in [1.807, 2.05) is 32.6 Å². The van der Waals surface area contributed by atoms with Crippen LogP contribution in [0.15, 0.2) is 30.6 Å². The first-order valence-electron chi connectivity index (χ1n) is 6.22. The van der Waals surface area contributed by atoms with Crippen molar-refractivity contribution in [2.75, 3.05) is 7.05 Å².